The molecule has 66 heavy (non-hydrogen) atoms. The van der Waals surface area contributed by atoms with Crippen LogP contribution in [-0.4, -0.2) is 221 Å². The van der Waals surface area contributed by atoms with Gasteiger partial charge >= 0.3 is 5.97 Å². The van der Waals surface area contributed by atoms with Crippen LogP contribution in [0.25, 0.3) is 0 Å². The molecule has 8 aliphatic rings. The van der Waals surface area contributed by atoms with Gasteiger partial charge in [-0.2, -0.15) is 0 Å². The Bertz CT molecular complexity index is 1740. The third kappa shape index (κ3) is 8.30. The Balaban J connectivity index is 0.990. The Morgan fingerprint density at radius 1 is 0.606 bits per heavy atom. The van der Waals surface area contributed by atoms with Crippen LogP contribution in [0, 0.1) is 28.1 Å². The van der Waals surface area contributed by atoms with Crippen LogP contribution in [0.5, 0.6) is 0 Å². The molecular formula is C44H70O22. The Hall–Kier alpha value is -1.59. The molecule has 2 bridgehead atoms. The number of hydrogen-bond acceptors (Lipinski definition) is 22. The summed E-state index contributed by atoms with van der Waals surface area (Å²) < 4.78 is 47.4. The van der Waals surface area contributed by atoms with Crippen LogP contribution >= 0.6 is 0 Å². The van der Waals surface area contributed by atoms with E-state index < -0.39 is 160 Å². The van der Waals surface area contributed by atoms with Gasteiger partial charge < -0.3 is 104 Å². The maximum atomic E-state index is 14.2. The molecule has 0 aromatic rings. The van der Waals surface area contributed by atoms with Crippen molar-refractivity contribution in [3.05, 3.63) is 12.2 Å². The van der Waals surface area contributed by atoms with Gasteiger partial charge in [-0.3, -0.25) is 4.79 Å². The second-order valence-electron chi connectivity index (χ2n) is 20.8. The standard InChI is InChI=1S/C44H70O22/c1-17-12-43-10-6-22-41(3,8-5-9-42(22,4)40(58)65-37-32(56)29(53)25(49)19(13-45)60-37)23(43)7-11-44(17,16-43)66-38-33(57)34(27(51)21(15-47)61-38)63-39-35(30(54)26(50)20(14-46)62-39)64-36-31(55)28(52)24(48)18(2)59-36/h18-39,45-57H,1,5-16H2,2-4H3. The van der Waals surface area contributed by atoms with Crippen LogP contribution in [0.15, 0.2) is 12.2 Å². The number of esters is 1. The van der Waals surface area contributed by atoms with Crippen molar-refractivity contribution in [1.29, 1.82) is 0 Å². The van der Waals surface area contributed by atoms with Crippen molar-refractivity contribution in [3.8, 4) is 0 Å². The first kappa shape index (κ1) is 50.8. The minimum Gasteiger partial charge on any atom is -0.432 e. The minimum atomic E-state index is -1.88. The van der Waals surface area contributed by atoms with E-state index in [1.165, 1.54) is 6.92 Å². The van der Waals surface area contributed by atoms with E-state index in [0.29, 0.717) is 51.4 Å². The predicted molar refractivity (Wildman–Crippen MR) is 218 cm³/mol. The monoisotopic (exact) mass is 950 g/mol. The lowest BCUT2D eigenvalue weighted by atomic mass is 9.41. The van der Waals surface area contributed by atoms with Crippen molar-refractivity contribution in [3.63, 3.8) is 0 Å². The number of aliphatic hydroxyl groups is 13. The Morgan fingerprint density at radius 2 is 1.17 bits per heavy atom. The van der Waals surface area contributed by atoms with Crippen LogP contribution < -0.4 is 0 Å². The van der Waals surface area contributed by atoms with Gasteiger partial charge in [0.25, 0.3) is 0 Å². The fraction of sp³-hybridized carbons (Fsp3) is 0.932. The maximum Gasteiger partial charge on any atom is 0.314 e. The highest BCUT2D eigenvalue weighted by molar-refractivity contribution is 5.77. The van der Waals surface area contributed by atoms with Gasteiger partial charge in [-0.25, -0.2) is 0 Å². The summed E-state index contributed by atoms with van der Waals surface area (Å²) in [4.78, 5) is 14.2. The van der Waals surface area contributed by atoms with Crippen molar-refractivity contribution in [2.75, 3.05) is 19.8 Å². The van der Waals surface area contributed by atoms with Crippen LogP contribution in [0.1, 0.15) is 78.6 Å². The van der Waals surface area contributed by atoms with Crippen LogP contribution in [0.4, 0.5) is 0 Å². The van der Waals surface area contributed by atoms with E-state index in [1.54, 1.807) is 0 Å². The first-order valence-electron chi connectivity index (χ1n) is 23.2. The van der Waals surface area contributed by atoms with E-state index in [9.17, 15) is 71.2 Å². The highest BCUT2D eigenvalue weighted by Gasteiger charge is 2.69. The molecule has 8 rings (SSSR count). The van der Waals surface area contributed by atoms with Gasteiger partial charge in [0.1, 0.15) is 91.6 Å². The fourth-order valence-corrected chi connectivity index (χ4v) is 13.4. The second kappa shape index (κ2) is 18.9. The van der Waals surface area contributed by atoms with Crippen LogP contribution in [0.2, 0.25) is 0 Å². The number of fused-ring (bicyclic) bond motifs is 3. The topological polar surface area (TPSA) is 354 Å². The summed E-state index contributed by atoms with van der Waals surface area (Å²) in [7, 11) is 0. The minimum absolute atomic E-state index is 0.0837. The second-order valence-corrected chi connectivity index (χ2v) is 20.8. The lowest BCUT2D eigenvalue weighted by Crippen LogP contribution is -2.67. The highest BCUT2D eigenvalue weighted by atomic mass is 16.8. The third-order valence-electron chi connectivity index (χ3n) is 17.0. The summed E-state index contributed by atoms with van der Waals surface area (Å²) in [5, 5.41) is 138. The Labute approximate surface area is 381 Å². The zero-order valence-corrected chi connectivity index (χ0v) is 37.4. The summed E-state index contributed by atoms with van der Waals surface area (Å²) in [6.45, 7) is 7.71. The van der Waals surface area contributed by atoms with E-state index in [1.807, 2.05) is 6.92 Å². The Kier molecular flexibility index (Phi) is 14.5. The third-order valence-corrected chi connectivity index (χ3v) is 17.0. The summed E-state index contributed by atoms with van der Waals surface area (Å²) in [6.07, 6.45) is -27.1. The van der Waals surface area contributed by atoms with Crippen molar-refractivity contribution >= 4 is 5.97 Å². The molecule has 0 amide bonds. The molecule has 0 aromatic heterocycles. The van der Waals surface area contributed by atoms with Gasteiger partial charge in [0.15, 0.2) is 18.9 Å². The molecule has 378 valence electrons. The average Bonchev–Trinajstić information content (AvgIpc) is 3.48. The van der Waals surface area contributed by atoms with Crippen molar-refractivity contribution in [2.45, 2.75) is 207 Å². The molecule has 4 heterocycles. The summed E-state index contributed by atoms with van der Waals surface area (Å²) >= 11 is 0. The largest absolute Gasteiger partial charge is 0.432 e. The van der Waals surface area contributed by atoms with Crippen molar-refractivity contribution < 1.29 is 109 Å². The van der Waals surface area contributed by atoms with E-state index in [2.05, 4.69) is 13.5 Å². The van der Waals surface area contributed by atoms with Gasteiger partial charge in [0.05, 0.1) is 36.9 Å². The van der Waals surface area contributed by atoms with Crippen LogP contribution in [0.3, 0.4) is 0 Å². The van der Waals surface area contributed by atoms with Gasteiger partial charge in [0, 0.05) is 0 Å². The number of aliphatic hydroxyl groups excluding tert-OH is 13. The SMILES string of the molecule is C=C1CC23CCC4C(C)(C(=O)OC5OC(CO)C(O)C(O)C5O)CCCC4(C)C2CCC1(OC1OC(CO)C(O)C(OC2OC(CO)C(O)C(O)C2OC2OC(C)C(O)C(O)C2O)C1O)C3. The van der Waals surface area contributed by atoms with E-state index in [4.69, 9.17) is 37.9 Å². The molecule has 1 spiro atoms. The van der Waals surface area contributed by atoms with Crippen LogP contribution in [-0.2, 0) is 42.7 Å². The molecule has 4 aliphatic carbocycles. The van der Waals surface area contributed by atoms with Crippen molar-refractivity contribution in [2.24, 2.45) is 28.1 Å². The number of carbonyl (C=O) groups is 1. The quantitative estimate of drug-likeness (QED) is 0.0532. The van der Waals surface area contributed by atoms with Gasteiger partial charge in [-0.05, 0) is 93.5 Å². The predicted octanol–water partition coefficient (Wildman–Crippen LogP) is -4.09. The molecule has 0 aromatic carbocycles. The zero-order chi connectivity index (χ0) is 48.0. The van der Waals surface area contributed by atoms with Gasteiger partial charge in [-0.15, -0.1) is 0 Å². The summed E-state index contributed by atoms with van der Waals surface area (Å²) in [6, 6.07) is 0. The molecule has 4 aliphatic heterocycles. The normalized spacial score (nSPS) is 55.2. The van der Waals surface area contributed by atoms with E-state index in [0.717, 1.165) is 12.0 Å². The van der Waals surface area contributed by atoms with Crippen molar-refractivity contribution in [1.82, 2.24) is 0 Å². The highest BCUT2D eigenvalue weighted by Crippen LogP contribution is 2.73. The maximum absolute atomic E-state index is 14.2. The number of rotatable bonds is 11. The fourth-order valence-electron chi connectivity index (χ4n) is 13.4. The van der Waals surface area contributed by atoms with E-state index in [-0.39, 0.29) is 22.7 Å². The molecule has 4 saturated carbocycles. The smallest absolute Gasteiger partial charge is 0.314 e. The van der Waals surface area contributed by atoms with Gasteiger partial charge in [-0.1, -0.05) is 19.9 Å². The summed E-state index contributed by atoms with van der Waals surface area (Å²) in [5.41, 5.74) is -2.00. The molecular weight excluding hydrogens is 880 g/mol. The first-order valence-corrected chi connectivity index (χ1v) is 23.2. The Morgan fingerprint density at radius 3 is 1.83 bits per heavy atom. The molecule has 26 atom stereocenters. The molecule has 8 fully saturated rings. The zero-order valence-electron chi connectivity index (χ0n) is 37.4. The molecule has 26 unspecified atom stereocenters. The van der Waals surface area contributed by atoms with E-state index >= 15 is 0 Å². The lowest BCUT2D eigenvalue weighted by Gasteiger charge is -2.64. The number of carbonyl (C=O) groups excluding carboxylic acids is 1. The average molecular weight is 951 g/mol. The van der Waals surface area contributed by atoms with Gasteiger partial charge in [0.2, 0.25) is 6.29 Å². The molecule has 13 N–H and O–H groups in total. The lowest BCUT2D eigenvalue weighted by molar-refractivity contribution is -0.391. The molecule has 0 radical (unpaired) electrons. The summed E-state index contributed by atoms with van der Waals surface area (Å²) in [5.74, 6) is -0.679. The molecule has 4 saturated heterocycles. The molecule has 22 heteroatoms. The first-order chi connectivity index (χ1) is 31.1. The number of ether oxygens (including phenoxy) is 8. The number of hydrogen-bond donors (Lipinski definition) is 13. The molecule has 22 nitrogen and oxygen atoms in total.